The molecule has 0 saturated heterocycles. The molecular formula is C10H20N2O2S. The van der Waals surface area contributed by atoms with E-state index in [2.05, 4.69) is 0 Å². The van der Waals surface area contributed by atoms with Crippen molar-refractivity contribution in [3.05, 3.63) is 0 Å². The smallest absolute Gasteiger partial charge is 0.212 e. The van der Waals surface area contributed by atoms with E-state index in [0.29, 0.717) is 18.9 Å². The Morgan fingerprint density at radius 1 is 1.40 bits per heavy atom. The van der Waals surface area contributed by atoms with Crippen LogP contribution in [-0.4, -0.2) is 31.6 Å². The van der Waals surface area contributed by atoms with Crippen molar-refractivity contribution in [2.75, 3.05) is 18.8 Å². The second-order valence-corrected chi connectivity index (χ2v) is 6.08. The fourth-order valence-electron chi connectivity index (χ4n) is 1.16. The lowest BCUT2D eigenvalue weighted by Crippen LogP contribution is -2.34. The van der Waals surface area contributed by atoms with Crippen LogP contribution in [0.25, 0.3) is 0 Å². The van der Waals surface area contributed by atoms with Crippen molar-refractivity contribution in [2.24, 2.45) is 5.92 Å². The molecule has 0 atom stereocenters. The summed E-state index contributed by atoms with van der Waals surface area (Å²) in [5.74, 6) is 0.511. The Morgan fingerprint density at radius 2 is 2.00 bits per heavy atom. The van der Waals surface area contributed by atoms with Crippen LogP contribution in [0.15, 0.2) is 0 Å². The van der Waals surface area contributed by atoms with Crippen molar-refractivity contribution >= 4 is 10.0 Å². The molecule has 15 heavy (non-hydrogen) atoms. The Morgan fingerprint density at radius 3 is 2.40 bits per heavy atom. The third-order valence-corrected chi connectivity index (χ3v) is 3.92. The van der Waals surface area contributed by atoms with Gasteiger partial charge in [-0.05, 0) is 18.8 Å². The predicted octanol–water partition coefficient (Wildman–Crippen LogP) is 1.60. The van der Waals surface area contributed by atoms with E-state index in [1.807, 2.05) is 26.8 Å². The molecule has 0 radical (unpaired) electrons. The minimum Gasteiger partial charge on any atom is -0.212 e. The summed E-state index contributed by atoms with van der Waals surface area (Å²) in [4.78, 5) is 0. The number of hydrogen-bond acceptors (Lipinski definition) is 3. The molecule has 0 amide bonds. The normalized spacial score (nSPS) is 12.0. The largest absolute Gasteiger partial charge is 0.215 e. The number of nitrogens with zero attached hydrogens (tertiary/aromatic N) is 2. The first kappa shape index (κ1) is 14.4. The molecule has 0 N–H and O–H groups in total. The molecule has 0 heterocycles. The van der Waals surface area contributed by atoms with Gasteiger partial charge in [-0.3, -0.25) is 0 Å². The van der Waals surface area contributed by atoms with Crippen LogP contribution >= 0.6 is 0 Å². The van der Waals surface area contributed by atoms with Crippen molar-refractivity contribution in [2.45, 2.75) is 33.6 Å². The second-order valence-electron chi connectivity index (χ2n) is 3.99. The summed E-state index contributed by atoms with van der Waals surface area (Å²) in [6, 6.07) is 1.89. The molecule has 0 saturated carbocycles. The van der Waals surface area contributed by atoms with Gasteiger partial charge in [-0.15, -0.1) is 0 Å². The fraction of sp³-hybridized carbons (Fsp3) is 0.900. The summed E-state index contributed by atoms with van der Waals surface area (Å²) >= 11 is 0. The third kappa shape index (κ3) is 5.75. The fourth-order valence-corrected chi connectivity index (χ4v) is 2.90. The number of rotatable bonds is 7. The zero-order valence-corrected chi connectivity index (χ0v) is 10.5. The molecule has 0 unspecified atom stereocenters. The summed E-state index contributed by atoms with van der Waals surface area (Å²) < 4.78 is 24.9. The highest BCUT2D eigenvalue weighted by atomic mass is 32.2. The van der Waals surface area contributed by atoms with Gasteiger partial charge in [-0.2, -0.15) is 9.57 Å². The van der Waals surface area contributed by atoms with Gasteiger partial charge in [-0.25, -0.2) is 8.42 Å². The first-order valence-corrected chi connectivity index (χ1v) is 6.89. The van der Waals surface area contributed by atoms with Gasteiger partial charge in [0, 0.05) is 6.54 Å². The van der Waals surface area contributed by atoms with Crippen molar-refractivity contribution < 1.29 is 8.42 Å². The van der Waals surface area contributed by atoms with Gasteiger partial charge in [0.2, 0.25) is 10.0 Å². The summed E-state index contributed by atoms with van der Waals surface area (Å²) in [5.41, 5.74) is 0. The molecule has 0 spiro atoms. The summed E-state index contributed by atoms with van der Waals surface area (Å²) in [6.07, 6.45) is 1.39. The second kappa shape index (κ2) is 6.81. The van der Waals surface area contributed by atoms with Crippen LogP contribution in [0, 0.1) is 17.2 Å². The highest BCUT2D eigenvalue weighted by Gasteiger charge is 2.20. The van der Waals surface area contributed by atoms with E-state index < -0.39 is 10.0 Å². The highest BCUT2D eigenvalue weighted by Crippen LogP contribution is 2.08. The first-order valence-electron chi connectivity index (χ1n) is 5.28. The van der Waals surface area contributed by atoms with Gasteiger partial charge in [0.15, 0.2) is 0 Å². The first-order chi connectivity index (χ1) is 6.94. The summed E-state index contributed by atoms with van der Waals surface area (Å²) in [5, 5.41) is 8.55. The maximum Gasteiger partial charge on any atom is 0.215 e. The average molecular weight is 232 g/mol. The molecule has 4 nitrogen and oxygen atoms in total. The molecule has 0 aliphatic carbocycles. The van der Waals surface area contributed by atoms with E-state index in [1.54, 1.807) is 0 Å². The number of sulfonamides is 1. The monoisotopic (exact) mass is 232 g/mol. The zero-order chi connectivity index (χ0) is 11.9. The van der Waals surface area contributed by atoms with Crippen LogP contribution in [0.5, 0.6) is 0 Å². The Balaban J connectivity index is 4.44. The molecule has 88 valence electrons. The molecule has 0 aliphatic rings. The molecule has 0 fully saturated rings. The van der Waals surface area contributed by atoms with Gasteiger partial charge in [-0.1, -0.05) is 20.8 Å². The third-order valence-electron chi connectivity index (χ3n) is 2.07. The molecule has 0 bridgehead atoms. The molecule has 0 aliphatic heterocycles. The van der Waals surface area contributed by atoms with Crippen LogP contribution in [0.1, 0.15) is 33.6 Å². The predicted molar refractivity (Wildman–Crippen MR) is 60.7 cm³/mol. The molecule has 0 rings (SSSR count). The SMILES string of the molecule is CCCN(CC#N)S(=O)(=O)CCC(C)C. The Hall–Kier alpha value is -0.600. The average Bonchev–Trinajstić information content (AvgIpc) is 2.15. The van der Waals surface area contributed by atoms with Crippen LogP contribution in [-0.2, 0) is 10.0 Å². The van der Waals surface area contributed by atoms with Gasteiger partial charge in [0.1, 0.15) is 6.54 Å². The van der Waals surface area contributed by atoms with E-state index >= 15 is 0 Å². The van der Waals surface area contributed by atoms with Gasteiger partial charge in [0.05, 0.1) is 11.8 Å². The van der Waals surface area contributed by atoms with Crippen LogP contribution < -0.4 is 0 Å². The summed E-state index contributed by atoms with van der Waals surface area (Å²) in [6.45, 7) is 6.29. The topological polar surface area (TPSA) is 61.2 Å². The quantitative estimate of drug-likeness (QED) is 0.626. The van der Waals surface area contributed by atoms with Crippen LogP contribution in [0.4, 0.5) is 0 Å². The standard InChI is InChI=1S/C10H20N2O2S/c1-4-7-12(8-6-11)15(13,14)9-5-10(2)3/h10H,4-5,7-9H2,1-3H3. The van der Waals surface area contributed by atoms with E-state index in [9.17, 15) is 8.42 Å². The van der Waals surface area contributed by atoms with E-state index in [4.69, 9.17) is 5.26 Å². The van der Waals surface area contributed by atoms with Crippen molar-refractivity contribution in [3.8, 4) is 6.07 Å². The van der Waals surface area contributed by atoms with Crippen molar-refractivity contribution in [1.82, 2.24) is 4.31 Å². The lowest BCUT2D eigenvalue weighted by molar-refractivity contribution is 0.439. The summed E-state index contributed by atoms with van der Waals surface area (Å²) in [7, 11) is -3.23. The lowest BCUT2D eigenvalue weighted by Gasteiger charge is -2.18. The Kier molecular flexibility index (Phi) is 6.53. The van der Waals surface area contributed by atoms with E-state index in [-0.39, 0.29) is 12.3 Å². The Bertz CT molecular complexity index is 304. The van der Waals surface area contributed by atoms with E-state index in [0.717, 1.165) is 6.42 Å². The molecule has 0 aromatic heterocycles. The lowest BCUT2D eigenvalue weighted by atomic mass is 10.2. The van der Waals surface area contributed by atoms with Crippen molar-refractivity contribution in [3.63, 3.8) is 0 Å². The van der Waals surface area contributed by atoms with Gasteiger partial charge >= 0.3 is 0 Å². The maximum atomic E-state index is 11.8. The molecule has 0 aromatic carbocycles. The highest BCUT2D eigenvalue weighted by molar-refractivity contribution is 7.89. The number of nitriles is 1. The zero-order valence-electron chi connectivity index (χ0n) is 9.73. The van der Waals surface area contributed by atoms with Crippen LogP contribution in [0.2, 0.25) is 0 Å². The molecular weight excluding hydrogens is 212 g/mol. The molecule has 0 aromatic rings. The van der Waals surface area contributed by atoms with Gasteiger partial charge in [0.25, 0.3) is 0 Å². The van der Waals surface area contributed by atoms with E-state index in [1.165, 1.54) is 4.31 Å². The van der Waals surface area contributed by atoms with Gasteiger partial charge < -0.3 is 0 Å². The maximum absolute atomic E-state index is 11.8. The minimum absolute atomic E-state index is 0.0335. The van der Waals surface area contributed by atoms with Crippen molar-refractivity contribution in [1.29, 1.82) is 5.26 Å². The minimum atomic E-state index is -3.23. The molecule has 5 heteroatoms. The van der Waals surface area contributed by atoms with Crippen LogP contribution in [0.3, 0.4) is 0 Å². The number of hydrogen-bond donors (Lipinski definition) is 0. The Labute approximate surface area is 92.9 Å².